The van der Waals surface area contributed by atoms with E-state index in [0.29, 0.717) is 18.8 Å². The second-order valence-corrected chi connectivity index (χ2v) is 6.72. The van der Waals surface area contributed by atoms with Crippen LogP contribution >= 0.6 is 0 Å². The second-order valence-electron chi connectivity index (χ2n) is 6.72. The summed E-state index contributed by atoms with van der Waals surface area (Å²) in [6.07, 6.45) is 1.63. The van der Waals surface area contributed by atoms with Crippen molar-refractivity contribution in [3.05, 3.63) is 29.8 Å². The molecule has 1 aliphatic heterocycles. The monoisotopic (exact) mass is 341 g/mol. The summed E-state index contributed by atoms with van der Waals surface area (Å²) in [5, 5.41) is 0. The first kappa shape index (κ1) is 17.1. The van der Waals surface area contributed by atoms with Crippen molar-refractivity contribution in [1.29, 1.82) is 0 Å². The molecule has 2 aliphatic rings. The first-order chi connectivity index (χ1) is 11.5. The minimum atomic E-state index is -2.70. The summed E-state index contributed by atoms with van der Waals surface area (Å²) >= 11 is 0. The molecule has 1 heterocycles. The molecule has 1 amide bonds. The molecular formula is C18H22F3NO2. The van der Waals surface area contributed by atoms with Gasteiger partial charge in [0.1, 0.15) is 5.75 Å². The Morgan fingerprint density at radius 2 is 1.62 bits per heavy atom. The highest BCUT2D eigenvalue weighted by molar-refractivity contribution is 5.88. The van der Waals surface area contributed by atoms with Gasteiger partial charge in [-0.3, -0.25) is 4.79 Å². The number of carbonyl (C=O) groups is 1. The lowest BCUT2D eigenvalue weighted by Gasteiger charge is -2.41. The largest absolute Gasteiger partial charge is 0.463 e. The summed E-state index contributed by atoms with van der Waals surface area (Å²) in [6.45, 7) is 0.462. The summed E-state index contributed by atoms with van der Waals surface area (Å²) in [6, 6.07) is 6.62. The Bertz CT molecular complexity index is 572. The summed E-state index contributed by atoms with van der Waals surface area (Å²) in [7, 11) is 0. The van der Waals surface area contributed by atoms with E-state index in [1.807, 2.05) is 0 Å². The predicted octanol–water partition coefficient (Wildman–Crippen LogP) is 4.06. The Morgan fingerprint density at radius 1 is 1.04 bits per heavy atom. The van der Waals surface area contributed by atoms with E-state index in [2.05, 4.69) is 0 Å². The molecule has 0 atom stereocenters. The number of alkyl halides is 3. The highest BCUT2D eigenvalue weighted by atomic mass is 19.3. The fourth-order valence-corrected chi connectivity index (χ4v) is 3.82. The van der Waals surface area contributed by atoms with Gasteiger partial charge in [0, 0.05) is 25.9 Å². The highest BCUT2D eigenvalue weighted by Crippen LogP contribution is 2.47. The number of rotatable bonds is 4. The maximum absolute atomic E-state index is 13.7. The molecule has 1 aliphatic carbocycles. The third kappa shape index (κ3) is 3.23. The van der Waals surface area contributed by atoms with Gasteiger partial charge in [0.15, 0.2) is 0 Å². The van der Waals surface area contributed by atoms with E-state index in [1.54, 1.807) is 29.2 Å². The first-order valence-electron chi connectivity index (χ1n) is 8.43. The molecule has 1 saturated heterocycles. The fraction of sp³-hybridized carbons (Fsp3) is 0.611. The van der Waals surface area contributed by atoms with Crippen LogP contribution in [0, 0.1) is 0 Å². The molecule has 0 spiro atoms. The molecule has 0 unspecified atom stereocenters. The zero-order chi connectivity index (χ0) is 17.2. The Labute approximate surface area is 139 Å². The van der Waals surface area contributed by atoms with Crippen molar-refractivity contribution >= 4 is 5.91 Å². The molecule has 6 heteroatoms. The molecule has 1 saturated carbocycles. The molecule has 0 radical (unpaired) electrons. The van der Waals surface area contributed by atoms with Crippen molar-refractivity contribution in [2.75, 3.05) is 20.0 Å². The summed E-state index contributed by atoms with van der Waals surface area (Å²) < 4.78 is 44.4. The Balaban J connectivity index is 1.91. The molecule has 0 aromatic heterocycles. The number of ether oxygens (including phenoxy) is 1. The SMILES string of the molecule is O=C(N1CCCC1)C1(c2ccc(OCF)cc2)CCC(F)(F)CC1. The van der Waals surface area contributed by atoms with E-state index >= 15 is 0 Å². The van der Waals surface area contributed by atoms with Crippen molar-refractivity contribution < 1.29 is 22.7 Å². The van der Waals surface area contributed by atoms with Gasteiger partial charge >= 0.3 is 0 Å². The van der Waals surface area contributed by atoms with Crippen LogP contribution in [0.4, 0.5) is 13.2 Å². The maximum atomic E-state index is 13.7. The zero-order valence-electron chi connectivity index (χ0n) is 13.6. The minimum absolute atomic E-state index is 0.0466. The van der Waals surface area contributed by atoms with E-state index in [0.717, 1.165) is 18.4 Å². The molecule has 2 fully saturated rings. The van der Waals surface area contributed by atoms with E-state index < -0.39 is 18.2 Å². The minimum Gasteiger partial charge on any atom is -0.463 e. The molecular weight excluding hydrogens is 319 g/mol. The van der Waals surface area contributed by atoms with Crippen LogP contribution in [-0.2, 0) is 10.2 Å². The van der Waals surface area contributed by atoms with Crippen molar-refractivity contribution in [1.82, 2.24) is 4.90 Å². The van der Waals surface area contributed by atoms with Crippen molar-refractivity contribution in [2.24, 2.45) is 0 Å². The number of hydrogen-bond donors (Lipinski definition) is 0. The van der Waals surface area contributed by atoms with Gasteiger partial charge in [0.25, 0.3) is 0 Å². The maximum Gasteiger partial charge on any atom is 0.248 e. The smallest absolute Gasteiger partial charge is 0.248 e. The van der Waals surface area contributed by atoms with Crippen LogP contribution in [0.3, 0.4) is 0 Å². The van der Waals surface area contributed by atoms with E-state index in [1.165, 1.54) is 0 Å². The molecule has 0 N–H and O–H groups in total. The van der Waals surface area contributed by atoms with Crippen LogP contribution in [-0.4, -0.2) is 36.7 Å². The summed E-state index contributed by atoms with van der Waals surface area (Å²) in [4.78, 5) is 14.9. The quantitative estimate of drug-likeness (QED) is 0.826. The zero-order valence-corrected chi connectivity index (χ0v) is 13.6. The van der Waals surface area contributed by atoms with Gasteiger partial charge in [0.05, 0.1) is 5.41 Å². The van der Waals surface area contributed by atoms with Crippen LogP contribution in [0.1, 0.15) is 44.1 Å². The predicted molar refractivity (Wildman–Crippen MR) is 84.0 cm³/mol. The lowest BCUT2D eigenvalue weighted by molar-refractivity contribution is -0.141. The summed E-state index contributed by atoms with van der Waals surface area (Å²) in [5.74, 6) is -2.38. The first-order valence-corrected chi connectivity index (χ1v) is 8.43. The Hall–Kier alpha value is -1.72. The standard InChI is InChI=1S/C18H22F3NO2/c19-13-24-15-5-3-14(4-6-15)17(7-9-18(20,21)10-8-17)16(23)22-11-1-2-12-22/h3-6H,1-2,7-13H2. The number of hydrogen-bond acceptors (Lipinski definition) is 2. The number of halogens is 3. The molecule has 1 aromatic carbocycles. The summed E-state index contributed by atoms with van der Waals surface area (Å²) in [5.41, 5.74) is -0.179. The van der Waals surface area contributed by atoms with Crippen LogP contribution < -0.4 is 4.74 Å². The van der Waals surface area contributed by atoms with Gasteiger partial charge in [-0.15, -0.1) is 0 Å². The lowest BCUT2D eigenvalue weighted by Crippen LogP contribution is -2.49. The van der Waals surface area contributed by atoms with Crippen LogP contribution in [0.2, 0.25) is 0 Å². The van der Waals surface area contributed by atoms with Gasteiger partial charge < -0.3 is 9.64 Å². The number of nitrogens with zero attached hydrogens (tertiary/aromatic N) is 1. The van der Waals surface area contributed by atoms with Gasteiger partial charge in [-0.2, -0.15) is 0 Å². The number of carbonyl (C=O) groups excluding carboxylic acids is 1. The molecule has 3 nitrogen and oxygen atoms in total. The highest BCUT2D eigenvalue weighted by Gasteiger charge is 2.50. The number of amides is 1. The number of likely N-dealkylation sites (tertiary alicyclic amines) is 1. The molecule has 132 valence electrons. The second kappa shape index (κ2) is 6.65. The third-order valence-corrected chi connectivity index (χ3v) is 5.27. The van der Waals surface area contributed by atoms with Crippen molar-refractivity contribution in [2.45, 2.75) is 49.9 Å². The van der Waals surface area contributed by atoms with Gasteiger partial charge in [0.2, 0.25) is 18.7 Å². The number of benzene rings is 1. The van der Waals surface area contributed by atoms with Crippen LogP contribution in [0.25, 0.3) is 0 Å². The molecule has 1 aromatic rings. The van der Waals surface area contributed by atoms with Crippen LogP contribution in [0.15, 0.2) is 24.3 Å². The molecule has 3 rings (SSSR count). The normalized spacial score (nSPS) is 22.4. The van der Waals surface area contributed by atoms with Crippen molar-refractivity contribution in [3.8, 4) is 5.75 Å². The third-order valence-electron chi connectivity index (χ3n) is 5.27. The van der Waals surface area contributed by atoms with Gasteiger partial charge in [-0.25, -0.2) is 13.2 Å². The Morgan fingerprint density at radius 3 is 2.17 bits per heavy atom. The molecule has 24 heavy (non-hydrogen) atoms. The molecule has 0 bridgehead atoms. The van der Waals surface area contributed by atoms with Crippen LogP contribution in [0.5, 0.6) is 5.75 Å². The topological polar surface area (TPSA) is 29.5 Å². The van der Waals surface area contributed by atoms with Gasteiger partial charge in [-0.05, 0) is 43.4 Å². The van der Waals surface area contributed by atoms with E-state index in [4.69, 9.17) is 4.74 Å². The van der Waals surface area contributed by atoms with Crippen molar-refractivity contribution in [3.63, 3.8) is 0 Å². The Kier molecular flexibility index (Phi) is 4.74. The van der Waals surface area contributed by atoms with E-state index in [-0.39, 0.29) is 31.6 Å². The lowest BCUT2D eigenvalue weighted by atomic mass is 9.67. The van der Waals surface area contributed by atoms with Gasteiger partial charge in [-0.1, -0.05) is 12.1 Å². The average molecular weight is 341 g/mol. The average Bonchev–Trinajstić information content (AvgIpc) is 3.10. The fourth-order valence-electron chi connectivity index (χ4n) is 3.82. The van der Waals surface area contributed by atoms with E-state index in [9.17, 15) is 18.0 Å².